The summed E-state index contributed by atoms with van der Waals surface area (Å²) in [5.41, 5.74) is 2.01. The molecule has 0 unspecified atom stereocenters. The minimum absolute atomic E-state index is 0.0151. The Hall–Kier alpha value is -2.77. The minimum Gasteiger partial charge on any atom is -0.462 e. The van der Waals surface area contributed by atoms with Gasteiger partial charge in [-0.25, -0.2) is 19.7 Å². The van der Waals surface area contributed by atoms with Crippen molar-refractivity contribution in [3.05, 3.63) is 38.7 Å². The van der Waals surface area contributed by atoms with Gasteiger partial charge in [0, 0.05) is 64.5 Å². The summed E-state index contributed by atoms with van der Waals surface area (Å²) in [6.07, 6.45) is 11.1. The van der Waals surface area contributed by atoms with Crippen LogP contribution in [0.5, 0.6) is 0 Å². The number of ketones is 1. The van der Waals surface area contributed by atoms with Crippen molar-refractivity contribution in [1.82, 2.24) is 24.8 Å². The highest BCUT2D eigenvalue weighted by Crippen LogP contribution is 2.37. The second kappa shape index (κ2) is 16.5. The van der Waals surface area contributed by atoms with E-state index in [0.717, 1.165) is 37.9 Å². The molecule has 0 spiro atoms. The average molecular weight is 733 g/mol. The molecule has 11 nitrogen and oxygen atoms in total. The molecule has 0 bridgehead atoms. The van der Waals surface area contributed by atoms with Crippen LogP contribution in [0.25, 0.3) is 11.4 Å². The highest BCUT2D eigenvalue weighted by molar-refractivity contribution is 7.17. The van der Waals surface area contributed by atoms with E-state index in [-0.39, 0.29) is 35.9 Å². The Kier molecular flexibility index (Phi) is 12.1. The Labute approximate surface area is 302 Å². The first-order chi connectivity index (χ1) is 23.7. The van der Waals surface area contributed by atoms with Gasteiger partial charge in [0.25, 0.3) is 0 Å². The van der Waals surface area contributed by atoms with Crippen LogP contribution in [0.15, 0.2) is 12.4 Å². The van der Waals surface area contributed by atoms with Crippen molar-refractivity contribution in [2.75, 3.05) is 68.8 Å². The number of H-pyrrole nitrogens is 1. The van der Waals surface area contributed by atoms with Crippen LogP contribution in [-0.4, -0.2) is 102 Å². The van der Waals surface area contributed by atoms with E-state index < -0.39 is 5.97 Å². The maximum atomic E-state index is 13.2. The molecule has 1 saturated carbocycles. The van der Waals surface area contributed by atoms with Gasteiger partial charge < -0.3 is 24.3 Å². The summed E-state index contributed by atoms with van der Waals surface area (Å²) in [5.74, 6) is 1.14. The van der Waals surface area contributed by atoms with Gasteiger partial charge in [-0.1, -0.05) is 53.8 Å². The number of nitrogens with zero attached hydrogens (tertiary/aromatic N) is 6. The number of ether oxygens (including phenoxy) is 2. The van der Waals surface area contributed by atoms with Gasteiger partial charge in [-0.2, -0.15) is 0 Å². The molecule has 1 N–H and O–H groups in total. The fraction of sp³-hybridized carbons (Fsp3) is 0.629. The zero-order valence-electron chi connectivity index (χ0n) is 28.7. The Morgan fingerprint density at radius 2 is 1.73 bits per heavy atom. The number of carbonyl (C=O) groups excluding carboxylic acids is 2. The smallest absolute Gasteiger partial charge is 0.350 e. The Morgan fingerprint density at radius 3 is 2.39 bits per heavy atom. The monoisotopic (exact) mass is 731 g/mol. The van der Waals surface area contributed by atoms with Crippen molar-refractivity contribution in [2.24, 2.45) is 11.8 Å². The number of aryl methyl sites for hydroxylation is 1. The maximum Gasteiger partial charge on any atom is 0.350 e. The summed E-state index contributed by atoms with van der Waals surface area (Å²) >= 11 is 13.9. The van der Waals surface area contributed by atoms with Crippen LogP contribution in [0.2, 0.25) is 10.0 Å². The third kappa shape index (κ3) is 8.41. The van der Waals surface area contributed by atoms with Crippen LogP contribution in [0.3, 0.4) is 0 Å². The van der Waals surface area contributed by atoms with Crippen LogP contribution in [0.1, 0.15) is 84.6 Å². The van der Waals surface area contributed by atoms with E-state index in [1.807, 2.05) is 6.92 Å². The van der Waals surface area contributed by atoms with Gasteiger partial charge >= 0.3 is 5.97 Å². The van der Waals surface area contributed by atoms with E-state index >= 15 is 0 Å². The highest BCUT2D eigenvalue weighted by Gasteiger charge is 2.35. The molecule has 5 heterocycles. The van der Waals surface area contributed by atoms with E-state index in [9.17, 15) is 9.59 Å². The van der Waals surface area contributed by atoms with Gasteiger partial charge in [0.15, 0.2) is 10.9 Å². The van der Waals surface area contributed by atoms with Gasteiger partial charge in [-0.15, -0.1) is 0 Å². The molecule has 3 fully saturated rings. The summed E-state index contributed by atoms with van der Waals surface area (Å²) in [6.45, 7) is 12.6. The number of piperidine rings is 1. The number of aromatic amines is 1. The lowest BCUT2D eigenvalue weighted by Gasteiger charge is -2.38. The molecule has 3 aliphatic rings. The SMILES string of the molecule is CCOC(=O)c1sc(N2CC[C@@H](CC(=O)c3[nH]c(C)c(Cl)c3Cl)[C@@H](OCC)C2)nc1-c1cnc(N2CCN(CC3CCCCC3)CC2)cn1. The first-order valence-electron chi connectivity index (χ1n) is 17.7. The molecule has 6 rings (SSSR count). The third-order valence-electron chi connectivity index (χ3n) is 10.0. The molecular formula is C35H47Cl2N7O4S. The largest absolute Gasteiger partial charge is 0.462 e. The molecule has 2 saturated heterocycles. The van der Waals surface area contributed by atoms with Crippen LogP contribution in [0, 0.1) is 18.8 Å². The predicted molar refractivity (Wildman–Crippen MR) is 195 cm³/mol. The van der Waals surface area contributed by atoms with Crippen molar-refractivity contribution in [3.63, 3.8) is 0 Å². The average Bonchev–Trinajstić information content (AvgIpc) is 3.68. The van der Waals surface area contributed by atoms with E-state index in [0.29, 0.717) is 63.9 Å². The molecule has 3 aromatic heterocycles. The minimum atomic E-state index is -0.431. The highest BCUT2D eigenvalue weighted by atomic mass is 35.5. The first-order valence-corrected chi connectivity index (χ1v) is 19.2. The molecule has 49 heavy (non-hydrogen) atoms. The van der Waals surface area contributed by atoms with E-state index in [2.05, 4.69) is 19.7 Å². The van der Waals surface area contributed by atoms with Gasteiger partial charge in [0.2, 0.25) is 0 Å². The Bertz CT molecular complexity index is 1580. The number of aromatic nitrogens is 4. The van der Waals surface area contributed by atoms with Crippen molar-refractivity contribution >= 4 is 57.2 Å². The fourth-order valence-electron chi connectivity index (χ4n) is 7.33. The quantitative estimate of drug-likeness (QED) is 0.155. The summed E-state index contributed by atoms with van der Waals surface area (Å²) < 4.78 is 11.6. The number of nitrogens with one attached hydrogen (secondary N) is 1. The molecule has 1 aliphatic carbocycles. The zero-order valence-corrected chi connectivity index (χ0v) is 31.0. The summed E-state index contributed by atoms with van der Waals surface area (Å²) in [7, 11) is 0. The van der Waals surface area contributed by atoms with Crippen molar-refractivity contribution < 1.29 is 19.1 Å². The van der Waals surface area contributed by atoms with Gasteiger partial charge in [0.05, 0.1) is 35.1 Å². The number of piperazine rings is 1. The second-order valence-electron chi connectivity index (χ2n) is 13.3. The van der Waals surface area contributed by atoms with Crippen molar-refractivity contribution in [1.29, 1.82) is 0 Å². The number of hydrogen-bond acceptors (Lipinski definition) is 11. The normalized spacial score (nSPS) is 20.9. The number of anilines is 2. The maximum absolute atomic E-state index is 13.2. The van der Waals surface area contributed by atoms with E-state index in [4.69, 9.17) is 47.6 Å². The lowest BCUT2D eigenvalue weighted by Crippen LogP contribution is -2.48. The molecule has 3 aromatic rings. The molecule has 14 heteroatoms. The van der Waals surface area contributed by atoms with Crippen LogP contribution in [-0.2, 0) is 9.47 Å². The number of rotatable bonds is 12. The van der Waals surface area contributed by atoms with Gasteiger partial charge in [-0.05, 0) is 51.9 Å². The van der Waals surface area contributed by atoms with Crippen LogP contribution >= 0.6 is 34.5 Å². The molecule has 0 radical (unpaired) electrons. The molecule has 0 amide bonds. The fourth-order valence-corrected chi connectivity index (χ4v) is 8.77. The Balaban J connectivity index is 1.13. The van der Waals surface area contributed by atoms with Crippen molar-refractivity contribution in [3.8, 4) is 11.4 Å². The number of Topliss-reactive ketones (excluding diaryl/α,β-unsaturated/α-hetero) is 1. The number of thiazole rings is 1. The summed E-state index contributed by atoms with van der Waals surface area (Å²) in [6, 6.07) is 0. The number of carbonyl (C=O) groups is 2. The molecule has 0 aromatic carbocycles. The third-order valence-corrected chi connectivity index (χ3v) is 12.1. The Morgan fingerprint density at radius 1 is 0.959 bits per heavy atom. The molecule has 2 atom stereocenters. The zero-order chi connectivity index (χ0) is 34.5. The lowest BCUT2D eigenvalue weighted by atomic mass is 9.88. The number of hydrogen-bond donors (Lipinski definition) is 1. The molecule has 266 valence electrons. The van der Waals surface area contributed by atoms with Crippen LogP contribution in [0.4, 0.5) is 10.9 Å². The second-order valence-corrected chi connectivity index (χ2v) is 15.0. The predicted octanol–water partition coefficient (Wildman–Crippen LogP) is 6.93. The first kappa shape index (κ1) is 36.0. The summed E-state index contributed by atoms with van der Waals surface area (Å²) in [4.78, 5) is 51.2. The summed E-state index contributed by atoms with van der Waals surface area (Å²) in [5, 5.41) is 1.32. The number of halogens is 2. The lowest BCUT2D eigenvalue weighted by molar-refractivity contribution is 0.0103. The van der Waals surface area contributed by atoms with E-state index in [1.165, 1.54) is 50.0 Å². The van der Waals surface area contributed by atoms with E-state index in [1.54, 1.807) is 26.2 Å². The standard InChI is InChI=1S/C35H47Cl2N7O4S/c1-4-47-27-21-44(12-11-24(27)17-26(45)32-30(37)29(36)22(3)40-32)35-41-31(33(49-35)34(46)48-5-2)25-18-39-28(19-38-25)43-15-13-42(14-16-43)20-23-9-7-6-8-10-23/h18-19,23-24,27,40H,4-17,20-21H2,1-3H3/t24-,27-/m0/s1. The molecule has 2 aliphatic heterocycles. The van der Waals surface area contributed by atoms with Gasteiger partial charge in [0.1, 0.15) is 27.8 Å². The van der Waals surface area contributed by atoms with Crippen LogP contribution < -0.4 is 9.80 Å². The van der Waals surface area contributed by atoms with Gasteiger partial charge in [-0.3, -0.25) is 9.69 Å². The van der Waals surface area contributed by atoms with Crippen molar-refractivity contribution in [2.45, 2.75) is 71.8 Å². The topological polar surface area (TPSA) is 117 Å². The molecular weight excluding hydrogens is 685 g/mol. The number of esters is 1.